The molecule has 33 heavy (non-hydrogen) atoms. The molecule has 0 N–H and O–H groups in total. The van der Waals surface area contributed by atoms with Crippen molar-refractivity contribution in [3.05, 3.63) is 0 Å². The van der Waals surface area contributed by atoms with Gasteiger partial charge in [0.1, 0.15) is 0 Å². The Labute approximate surface area is 749 Å². The first-order valence-electron chi connectivity index (χ1n) is 3.54. The summed E-state index contributed by atoms with van der Waals surface area (Å²) in [4.78, 5) is 0. The van der Waals surface area contributed by atoms with Gasteiger partial charge in [-0.2, -0.15) is 0 Å². The molecule has 0 rings (SSSR count). The molecule has 0 aromatic carbocycles. The first kappa shape index (κ1) is 117. The van der Waals surface area contributed by atoms with E-state index >= 15 is 0 Å². The molecule has 0 aromatic rings. The van der Waals surface area contributed by atoms with E-state index in [1.807, 2.05) is 0 Å². The van der Waals surface area contributed by atoms with Gasteiger partial charge in [-0.1, -0.05) is 0 Å². The fourth-order valence-corrected chi connectivity index (χ4v) is 0. The molecule has 120 valence electrons. The Morgan fingerprint density at radius 1 is 0.152 bits per heavy atom. The van der Waals surface area contributed by atoms with Crippen LogP contribution in [0.5, 0.6) is 0 Å². The van der Waals surface area contributed by atoms with Crippen LogP contribution < -0.4 is 743 Å². The molecule has 0 saturated heterocycles. The summed E-state index contributed by atoms with van der Waals surface area (Å²) in [6.45, 7) is 0. The zero-order valence-electron chi connectivity index (χ0n) is 22.0. The van der Waals surface area contributed by atoms with Gasteiger partial charge in [-0.15, -0.1) is 0 Å². The van der Waals surface area contributed by atoms with Crippen molar-refractivity contribution < 1.29 is 743 Å². The zero-order valence-corrected chi connectivity index (χ0v) is 62.6. The second-order valence-corrected chi connectivity index (χ2v) is 1.44. The standard InChI is InChI=1S/5BO3.13K/c5*2-1(3)4;;;;;;;;;;;;;/q5*-3;13*+1. The summed E-state index contributed by atoms with van der Waals surface area (Å²) >= 11 is 0. The SMILES string of the molecule is [K+].[K+].[K+].[K+].[K+].[K+].[K+].[K+].[K+].[K+].[K+].[K+].[K+].[O-]B([O-])[O-].[O-]B([O-])[O-].[O-]B([O-])[O-].[O-]B([O-])[O-].[O-]B([O-])[O-]. The average Bonchev–Trinajstić information content (AvgIpc) is 1.94. The number of hydrogen-bond donors (Lipinski definition) is 0. The first-order chi connectivity index (χ1) is 8.66. The predicted molar refractivity (Wildman–Crippen MR) is 28.8 cm³/mol. The summed E-state index contributed by atoms with van der Waals surface area (Å²) in [5.41, 5.74) is 0. The van der Waals surface area contributed by atoms with Gasteiger partial charge in [0, 0.05) is 0 Å². The second-order valence-electron chi connectivity index (χ2n) is 1.44. The predicted octanol–water partition coefficient (Wildman–Crippen LogP) is -58.7. The molecule has 15 nitrogen and oxygen atoms in total. The van der Waals surface area contributed by atoms with Crippen molar-refractivity contribution in [3.8, 4) is 0 Å². The van der Waals surface area contributed by atoms with Gasteiger partial charge in [-0.05, 0) is 0 Å². The second kappa shape index (κ2) is 111. The van der Waals surface area contributed by atoms with E-state index in [9.17, 15) is 0 Å². The molecule has 0 heterocycles. The van der Waals surface area contributed by atoms with Crippen LogP contribution in [0.25, 0.3) is 0 Å². The Hall–Kier alpha value is 21.0. The summed E-state index contributed by atoms with van der Waals surface area (Å²) in [5, 5.41) is 126. The smallest absolute Gasteiger partial charge is 0.907 e. The van der Waals surface area contributed by atoms with Crippen LogP contribution in [-0.2, 0) is 0 Å². The number of hydrogen-bond acceptors (Lipinski definition) is 15. The van der Waals surface area contributed by atoms with E-state index in [1.54, 1.807) is 0 Å². The van der Waals surface area contributed by atoms with Crippen LogP contribution in [0, 0.1) is 0 Å². The molecule has 0 fully saturated rings. The molecule has 0 aliphatic rings. The zero-order chi connectivity index (χ0) is 17.9. The van der Waals surface area contributed by atoms with E-state index in [4.69, 9.17) is 75.4 Å². The molecule has 0 aromatic heterocycles. The van der Waals surface area contributed by atoms with Crippen LogP contribution >= 0.6 is 0 Å². The molecule has 0 aliphatic carbocycles. The van der Waals surface area contributed by atoms with Crippen molar-refractivity contribution in [1.29, 1.82) is 0 Å². The van der Waals surface area contributed by atoms with Crippen molar-refractivity contribution >= 4 is 36.6 Å². The van der Waals surface area contributed by atoms with Crippen molar-refractivity contribution in [2.24, 2.45) is 0 Å². The maximum Gasteiger partial charge on any atom is 1.00 e. The average molecular weight is 802 g/mol. The van der Waals surface area contributed by atoms with Gasteiger partial charge < -0.3 is 75.4 Å². The minimum Gasteiger partial charge on any atom is -0.907 e. The fraction of sp³-hybridized carbons (Fsp3) is 0. The first-order valence-corrected chi connectivity index (χ1v) is 3.54. The summed E-state index contributed by atoms with van der Waals surface area (Å²) in [6.07, 6.45) is 0. The minimum atomic E-state index is -2.92. The topological polar surface area (TPSA) is 346 Å². The summed E-state index contributed by atoms with van der Waals surface area (Å²) in [5.74, 6) is 0. The third-order valence-electron chi connectivity index (χ3n) is 0. The molecule has 0 amide bonds. The third kappa shape index (κ3) is 313. The fourth-order valence-electron chi connectivity index (χ4n) is 0. The van der Waals surface area contributed by atoms with Gasteiger partial charge in [0.25, 0.3) is 0 Å². The van der Waals surface area contributed by atoms with Crippen LogP contribution in [0.3, 0.4) is 0 Å². The minimum absolute atomic E-state index is 0. The van der Waals surface area contributed by atoms with Crippen LogP contribution in [0.2, 0.25) is 0 Å². The van der Waals surface area contributed by atoms with Gasteiger partial charge in [0.2, 0.25) is 0 Å². The Kier molecular flexibility index (Phi) is 392. The van der Waals surface area contributed by atoms with Gasteiger partial charge in [-0.25, -0.2) is 0 Å². The van der Waals surface area contributed by atoms with Gasteiger partial charge in [0.15, 0.2) is 0 Å². The molecule has 0 spiro atoms. The van der Waals surface area contributed by atoms with Crippen LogP contribution in [0.4, 0.5) is 0 Å². The van der Waals surface area contributed by atoms with E-state index < -0.39 is 36.6 Å². The molecule has 0 unspecified atom stereocenters. The van der Waals surface area contributed by atoms with Crippen molar-refractivity contribution in [2.45, 2.75) is 0 Å². The van der Waals surface area contributed by atoms with Crippen molar-refractivity contribution in [2.75, 3.05) is 0 Å². The quantitative estimate of drug-likeness (QED) is 0.205. The van der Waals surface area contributed by atoms with Gasteiger partial charge >= 0.3 is 668 Å². The van der Waals surface area contributed by atoms with E-state index in [2.05, 4.69) is 0 Å². The van der Waals surface area contributed by atoms with E-state index in [0.717, 1.165) is 0 Å². The van der Waals surface area contributed by atoms with E-state index in [0.29, 0.717) is 0 Å². The monoisotopic (exact) mass is 801 g/mol. The summed E-state index contributed by atoms with van der Waals surface area (Å²) < 4.78 is 0. The maximum absolute atomic E-state index is 8.42. The van der Waals surface area contributed by atoms with Crippen LogP contribution in [-0.4, -0.2) is 36.6 Å². The summed E-state index contributed by atoms with van der Waals surface area (Å²) in [6, 6.07) is 0. The van der Waals surface area contributed by atoms with E-state index in [-0.39, 0.29) is 668 Å². The molecule has 0 radical (unpaired) electrons. The van der Waals surface area contributed by atoms with Gasteiger partial charge in [0.05, 0.1) is 0 Å². The molecule has 0 saturated carbocycles. The third-order valence-corrected chi connectivity index (χ3v) is 0. The molecule has 33 heteroatoms. The normalized spacial score (nSPS) is 4.09. The van der Waals surface area contributed by atoms with Gasteiger partial charge in [-0.3, -0.25) is 36.6 Å². The molecule has 0 bridgehead atoms. The molecule has 0 atom stereocenters. The summed E-state index contributed by atoms with van der Waals surface area (Å²) in [7, 11) is -14.6. The Bertz CT molecular complexity index is 107. The Morgan fingerprint density at radius 2 is 0.152 bits per heavy atom. The molecule has 0 aliphatic heterocycles. The Balaban J connectivity index is -0.00000000485. The van der Waals surface area contributed by atoms with Crippen LogP contribution in [0.15, 0.2) is 0 Å². The van der Waals surface area contributed by atoms with Crippen LogP contribution in [0.1, 0.15) is 0 Å². The van der Waals surface area contributed by atoms with Crippen molar-refractivity contribution in [1.82, 2.24) is 0 Å². The van der Waals surface area contributed by atoms with Crippen molar-refractivity contribution in [3.63, 3.8) is 0 Å². The van der Waals surface area contributed by atoms with E-state index in [1.165, 1.54) is 0 Å². The maximum atomic E-state index is 8.42. The largest absolute Gasteiger partial charge is 1.00 e. The molecular weight excluding hydrogens is 802 g/mol. The molecular formula is B5K13O15-2. The number of rotatable bonds is 0. The Morgan fingerprint density at radius 3 is 0.152 bits per heavy atom.